The molecule has 14 rings (SSSR count). The molecule has 0 atom stereocenters. The summed E-state index contributed by atoms with van der Waals surface area (Å²) in [6.07, 6.45) is -4.68. The Morgan fingerprint density at radius 1 is 0.306 bits per heavy atom. The summed E-state index contributed by atoms with van der Waals surface area (Å²) in [6.45, 7) is 0. The number of aromatic nitrogens is 4. The van der Waals surface area contributed by atoms with E-state index in [-0.39, 0.29) is 5.56 Å². The van der Waals surface area contributed by atoms with Gasteiger partial charge in [0.15, 0.2) is 0 Å². The first kappa shape index (κ1) is 41.2. The van der Waals surface area contributed by atoms with Crippen LogP contribution in [-0.2, 0) is 6.18 Å². The Hall–Kier alpha value is -9.83. The van der Waals surface area contributed by atoms with Gasteiger partial charge in [-0.2, -0.15) is 23.7 Å². The summed E-state index contributed by atoms with van der Waals surface area (Å²) < 4.78 is 52.0. The van der Waals surface area contributed by atoms with Crippen LogP contribution < -0.4 is 0 Å². The molecule has 0 bridgehead atoms. The summed E-state index contributed by atoms with van der Waals surface area (Å²) in [5.41, 5.74) is 10.3. The second-order valence-electron chi connectivity index (χ2n) is 18.2. The second-order valence-corrected chi connectivity index (χ2v) is 18.2. The second kappa shape index (κ2) is 15.3. The molecule has 4 aromatic heterocycles. The first-order valence-electron chi connectivity index (χ1n) is 23.5. The molecule has 14 aromatic rings. The number of nitriles is 2. The van der Waals surface area contributed by atoms with Crippen molar-refractivity contribution in [2.45, 2.75) is 6.18 Å². The lowest BCUT2D eigenvalue weighted by Gasteiger charge is -2.20. The van der Waals surface area contributed by atoms with E-state index in [1.807, 2.05) is 97.1 Å². The van der Waals surface area contributed by atoms with E-state index in [2.05, 4.69) is 127 Å². The van der Waals surface area contributed by atoms with Crippen LogP contribution in [-0.4, -0.2) is 18.3 Å². The van der Waals surface area contributed by atoms with E-state index in [1.165, 1.54) is 6.07 Å². The SMILES string of the molecule is N#Cc1cc(C(F)(F)F)ccc1-c1cc(-n2c3ccccc3c3ccc(-n4c5ccccc5c5ccccc54)cc32)c(C#N)cc1-n1c2ccccc2c2ccc(-n3c4ccccc4c4ccccc43)cc21. The van der Waals surface area contributed by atoms with Crippen LogP contribution in [0.25, 0.3) is 121 Å². The molecule has 0 N–H and O–H groups in total. The van der Waals surface area contributed by atoms with E-state index in [0.717, 1.165) is 111 Å². The van der Waals surface area contributed by atoms with Crippen molar-refractivity contribution in [3.63, 3.8) is 0 Å². The van der Waals surface area contributed by atoms with Crippen molar-refractivity contribution in [2.75, 3.05) is 0 Å². The largest absolute Gasteiger partial charge is 0.416 e. The lowest BCUT2D eigenvalue weighted by atomic mass is 9.94. The summed E-state index contributed by atoms with van der Waals surface area (Å²) in [6, 6.07) is 73.8. The normalized spacial score (nSPS) is 12.1. The number of hydrogen-bond donors (Lipinski definition) is 0. The van der Waals surface area contributed by atoms with Gasteiger partial charge in [-0.1, -0.05) is 127 Å². The molecule has 0 aliphatic rings. The van der Waals surface area contributed by atoms with E-state index in [1.54, 1.807) is 0 Å². The fourth-order valence-corrected chi connectivity index (χ4v) is 11.4. The predicted molar refractivity (Wildman–Crippen MR) is 284 cm³/mol. The molecule has 0 saturated carbocycles. The number of nitrogens with zero attached hydrogens (tertiary/aromatic N) is 6. The summed E-state index contributed by atoms with van der Waals surface area (Å²) in [7, 11) is 0. The topological polar surface area (TPSA) is 67.3 Å². The lowest BCUT2D eigenvalue weighted by Crippen LogP contribution is -2.07. The Kier molecular flexibility index (Phi) is 8.77. The average molecular weight is 933 g/mol. The minimum Gasteiger partial charge on any atom is -0.309 e. The van der Waals surface area contributed by atoms with Crippen LogP contribution in [0.3, 0.4) is 0 Å². The quantitative estimate of drug-likeness (QED) is 0.173. The van der Waals surface area contributed by atoms with Gasteiger partial charge in [-0.05, 0) is 84.9 Å². The molecule has 0 spiro atoms. The van der Waals surface area contributed by atoms with Crippen LogP contribution in [0.1, 0.15) is 16.7 Å². The zero-order valence-corrected chi connectivity index (χ0v) is 38.0. The smallest absolute Gasteiger partial charge is 0.309 e. The number of hydrogen-bond acceptors (Lipinski definition) is 2. The average Bonchev–Trinajstić information content (AvgIpc) is 4.14. The monoisotopic (exact) mass is 932 g/mol. The van der Waals surface area contributed by atoms with Crippen molar-refractivity contribution >= 4 is 87.2 Å². The van der Waals surface area contributed by atoms with Gasteiger partial charge in [0.25, 0.3) is 0 Å². The Balaban J connectivity index is 1.09. The van der Waals surface area contributed by atoms with Crippen molar-refractivity contribution in [3.8, 4) is 46.0 Å². The van der Waals surface area contributed by atoms with E-state index in [0.29, 0.717) is 28.1 Å². The summed E-state index contributed by atoms with van der Waals surface area (Å²) in [5.74, 6) is 0. The van der Waals surface area contributed by atoms with Gasteiger partial charge in [0.2, 0.25) is 0 Å². The molecule has 0 amide bonds. The maximum absolute atomic E-state index is 14.4. The highest BCUT2D eigenvalue weighted by molar-refractivity contribution is 6.14. The van der Waals surface area contributed by atoms with Crippen LogP contribution >= 0.6 is 0 Å². The van der Waals surface area contributed by atoms with Crippen molar-refractivity contribution in [2.24, 2.45) is 0 Å². The fourth-order valence-electron chi connectivity index (χ4n) is 11.4. The molecule has 0 radical (unpaired) electrons. The van der Waals surface area contributed by atoms with Crippen molar-refractivity contribution < 1.29 is 13.2 Å². The van der Waals surface area contributed by atoms with Gasteiger partial charge in [0.1, 0.15) is 6.07 Å². The summed E-state index contributed by atoms with van der Waals surface area (Å²) in [4.78, 5) is 0. The van der Waals surface area contributed by atoms with E-state index in [9.17, 15) is 23.7 Å². The third kappa shape index (κ3) is 5.89. The highest BCUT2D eigenvalue weighted by atomic mass is 19.4. The van der Waals surface area contributed by atoms with E-state index in [4.69, 9.17) is 0 Å². The number of alkyl halides is 3. The number of fused-ring (bicyclic) bond motifs is 12. The molecule has 0 unspecified atom stereocenters. The number of benzene rings is 10. The standard InChI is InChI=1S/C63H35F3N6/c64-63(65,66)40-25-28-43(38(31-40)36-67)52-35-59(71-57-23-11-5-17-48(57)50-29-26-41(33-61(50)71)69-53-19-7-1-13-44(53)45-14-2-8-20-54(45)69)39(37-68)32-60(52)72-58-24-12-6-18-49(58)51-30-27-42(34-62(51)72)70-55-21-9-3-15-46(55)47-16-4-10-22-56(47)70/h1-35H. The maximum atomic E-state index is 14.4. The van der Waals surface area contributed by atoms with Gasteiger partial charge < -0.3 is 18.3 Å². The van der Waals surface area contributed by atoms with Crippen LogP contribution in [0.4, 0.5) is 13.2 Å². The van der Waals surface area contributed by atoms with Crippen LogP contribution in [0.2, 0.25) is 0 Å². The molecule has 9 heteroatoms. The molecule has 72 heavy (non-hydrogen) atoms. The Morgan fingerprint density at radius 2 is 0.667 bits per heavy atom. The van der Waals surface area contributed by atoms with Crippen molar-refractivity contribution in [1.29, 1.82) is 10.5 Å². The number of para-hydroxylation sites is 6. The third-order valence-electron chi connectivity index (χ3n) is 14.5. The maximum Gasteiger partial charge on any atom is 0.416 e. The van der Waals surface area contributed by atoms with Gasteiger partial charge in [-0.25, -0.2) is 0 Å². The van der Waals surface area contributed by atoms with E-state index < -0.39 is 11.7 Å². The van der Waals surface area contributed by atoms with Crippen LogP contribution in [0.15, 0.2) is 212 Å². The number of rotatable bonds is 5. The Bertz CT molecular complexity index is 4610. The molecule has 0 saturated heterocycles. The van der Waals surface area contributed by atoms with Crippen LogP contribution in [0.5, 0.6) is 0 Å². The molecule has 0 aliphatic heterocycles. The van der Waals surface area contributed by atoms with Crippen molar-refractivity contribution in [3.05, 3.63) is 229 Å². The van der Waals surface area contributed by atoms with Crippen molar-refractivity contribution in [1.82, 2.24) is 18.3 Å². The first-order valence-corrected chi connectivity index (χ1v) is 23.5. The van der Waals surface area contributed by atoms with Gasteiger partial charge in [0, 0.05) is 65.6 Å². The molecular formula is C63H35F3N6. The Labute approximate surface area is 408 Å². The third-order valence-corrected chi connectivity index (χ3v) is 14.5. The predicted octanol–water partition coefficient (Wildman–Crippen LogP) is 16.5. The molecule has 10 aromatic carbocycles. The van der Waals surface area contributed by atoms with Gasteiger partial charge >= 0.3 is 6.18 Å². The molecule has 6 nitrogen and oxygen atoms in total. The highest BCUT2D eigenvalue weighted by Crippen LogP contribution is 2.44. The summed E-state index contributed by atoms with van der Waals surface area (Å²) >= 11 is 0. The minimum absolute atomic E-state index is 0.149. The zero-order chi connectivity index (χ0) is 48.4. The molecule has 338 valence electrons. The van der Waals surface area contributed by atoms with Gasteiger partial charge in [0.05, 0.1) is 78.3 Å². The summed E-state index contributed by atoms with van der Waals surface area (Å²) in [5, 5.41) is 30.5. The first-order chi connectivity index (χ1) is 35.3. The lowest BCUT2D eigenvalue weighted by molar-refractivity contribution is -0.137. The highest BCUT2D eigenvalue weighted by Gasteiger charge is 2.32. The zero-order valence-electron chi connectivity index (χ0n) is 38.0. The van der Waals surface area contributed by atoms with Crippen LogP contribution in [0, 0.1) is 22.7 Å². The van der Waals surface area contributed by atoms with Gasteiger partial charge in [-0.3, -0.25) is 0 Å². The molecular weight excluding hydrogens is 898 g/mol. The van der Waals surface area contributed by atoms with E-state index >= 15 is 0 Å². The molecule has 4 heterocycles. The minimum atomic E-state index is -4.68. The van der Waals surface area contributed by atoms with Gasteiger partial charge in [-0.15, -0.1) is 0 Å². The number of halogens is 3. The Morgan fingerprint density at radius 3 is 1.06 bits per heavy atom. The molecule has 0 fully saturated rings. The molecule has 0 aliphatic carbocycles. The fraction of sp³-hybridized carbons (Fsp3) is 0.0159.